The lowest BCUT2D eigenvalue weighted by atomic mass is 9.89. The van der Waals surface area contributed by atoms with E-state index in [0.717, 1.165) is 33.7 Å². The van der Waals surface area contributed by atoms with E-state index in [1.165, 1.54) is 0 Å². The zero-order valence-electron chi connectivity index (χ0n) is 25.8. The van der Waals surface area contributed by atoms with E-state index >= 15 is 0 Å². The van der Waals surface area contributed by atoms with Gasteiger partial charge in [0.15, 0.2) is 0 Å². The molecule has 2 N–H and O–H groups in total. The van der Waals surface area contributed by atoms with E-state index in [9.17, 15) is 9.90 Å². The fourth-order valence-corrected chi connectivity index (χ4v) is 6.03. The summed E-state index contributed by atoms with van der Waals surface area (Å²) in [5.74, 6) is -0.0972. The van der Waals surface area contributed by atoms with Crippen LogP contribution in [0.4, 0.5) is 0 Å². The number of aliphatic hydroxyl groups excluding tert-OH is 1. The molecule has 1 aliphatic heterocycles. The molecule has 1 amide bonds. The number of nitrogens with zero attached hydrogens (tertiary/aromatic N) is 6. The van der Waals surface area contributed by atoms with Crippen LogP contribution in [0.5, 0.6) is 0 Å². The molecule has 10 nitrogen and oxygen atoms in total. The second-order valence-corrected chi connectivity index (χ2v) is 12.9. The number of rotatable bonds is 8. The highest BCUT2D eigenvalue weighted by Gasteiger charge is 2.36. The molecule has 5 rings (SSSR count). The summed E-state index contributed by atoms with van der Waals surface area (Å²) in [7, 11) is 5.68. The van der Waals surface area contributed by atoms with Crippen LogP contribution in [-0.4, -0.2) is 99.1 Å². The monoisotopic (exact) mass is 607 g/mol. The molecule has 2 aromatic heterocycles. The normalized spacial score (nSPS) is 19.3. The first kappa shape index (κ1) is 31.3. The molecule has 1 aromatic carbocycles. The quantitative estimate of drug-likeness (QED) is 0.375. The van der Waals surface area contributed by atoms with Crippen LogP contribution < -0.4 is 5.32 Å². The molecule has 3 atom stereocenters. The third kappa shape index (κ3) is 7.17. The number of likely N-dealkylation sites (N-methyl/N-ethyl adjacent to an activating group) is 1. The number of aromatic nitrogens is 3. The third-order valence-corrected chi connectivity index (χ3v) is 8.01. The highest BCUT2D eigenvalue weighted by Crippen LogP contribution is 2.44. The van der Waals surface area contributed by atoms with Gasteiger partial charge in [-0.1, -0.05) is 23.7 Å². The van der Waals surface area contributed by atoms with Crippen molar-refractivity contribution in [2.45, 2.75) is 44.9 Å². The van der Waals surface area contributed by atoms with E-state index in [-0.39, 0.29) is 18.5 Å². The summed E-state index contributed by atoms with van der Waals surface area (Å²) in [5.41, 5.74) is 5.24. The van der Waals surface area contributed by atoms with Crippen molar-refractivity contribution >= 4 is 29.2 Å². The van der Waals surface area contributed by atoms with Gasteiger partial charge in [-0.2, -0.15) is 0 Å². The predicted molar refractivity (Wildman–Crippen MR) is 168 cm³/mol. The number of benzene rings is 1. The topological polar surface area (TPSA) is 99.0 Å². The Balaban J connectivity index is 1.57. The number of aryl methyl sites for hydroxylation is 1. The number of aliphatic hydroxyl groups is 1. The zero-order chi connectivity index (χ0) is 30.9. The number of amides is 1. The lowest BCUT2D eigenvalue weighted by Crippen LogP contribution is -2.53. The number of piperazine rings is 1. The number of carbonyl (C=O) groups is 1. The molecular formula is C32H42ClN7O3. The highest BCUT2D eigenvalue weighted by atomic mass is 35.5. The maximum Gasteiger partial charge on any atom is 0.234 e. The van der Waals surface area contributed by atoms with E-state index in [0.29, 0.717) is 31.2 Å². The van der Waals surface area contributed by atoms with Crippen LogP contribution in [0.1, 0.15) is 60.9 Å². The number of hydrogen-bond donors (Lipinski definition) is 2. The van der Waals surface area contributed by atoms with Gasteiger partial charge in [0.2, 0.25) is 12.3 Å². The zero-order valence-corrected chi connectivity index (χ0v) is 26.5. The van der Waals surface area contributed by atoms with Crippen molar-refractivity contribution in [2.24, 2.45) is 7.05 Å². The highest BCUT2D eigenvalue weighted by molar-refractivity contribution is 6.30. The number of carbonyl (C=O) groups excluding carboxylic acids is 1. The summed E-state index contributed by atoms with van der Waals surface area (Å²) >= 11 is 6.67. The van der Waals surface area contributed by atoms with Crippen LogP contribution in [0, 0.1) is 0 Å². The van der Waals surface area contributed by atoms with Crippen molar-refractivity contribution in [1.29, 1.82) is 0 Å². The SMILES string of the molecule is CN(C)CC(=O)NC(C1=Cc2cccnc2C(N2CCN(C(O)OC(C)(C)C)CC2)c2ccc(Cl)cc21)c1cncn1C. The van der Waals surface area contributed by atoms with Gasteiger partial charge in [-0.15, -0.1) is 0 Å². The summed E-state index contributed by atoms with van der Waals surface area (Å²) in [4.78, 5) is 28.7. The molecule has 3 unspecified atom stereocenters. The van der Waals surface area contributed by atoms with E-state index in [4.69, 9.17) is 21.3 Å². The first-order valence-corrected chi connectivity index (χ1v) is 15.0. The Kier molecular flexibility index (Phi) is 9.36. The molecule has 3 heterocycles. The molecule has 1 aliphatic carbocycles. The molecule has 230 valence electrons. The van der Waals surface area contributed by atoms with Crippen LogP contribution in [0.25, 0.3) is 11.6 Å². The molecule has 1 fully saturated rings. The third-order valence-electron chi connectivity index (χ3n) is 7.77. The molecule has 0 saturated carbocycles. The number of hydrogen-bond acceptors (Lipinski definition) is 8. The minimum absolute atomic E-state index is 0.0972. The van der Waals surface area contributed by atoms with Crippen LogP contribution in [-0.2, 0) is 16.6 Å². The van der Waals surface area contributed by atoms with Gasteiger partial charge in [0.1, 0.15) is 0 Å². The van der Waals surface area contributed by atoms with Crippen molar-refractivity contribution in [2.75, 3.05) is 46.8 Å². The standard InChI is InChI=1S/C32H42ClN7O3/c1-32(2,3)43-31(42)40-14-12-39(13-15-40)30-23-10-9-22(33)17-24(23)25(16-21-8-7-11-35-28(21)30)29(26-18-34-20-38(26)6)36-27(41)19-37(4)5/h7-11,16-18,20,29-31,42H,12-15,19H2,1-6H3,(H,36,41). The molecule has 3 aromatic rings. The summed E-state index contributed by atoms with van der Waals surface area (Å²) in [6.07, 6.45) is 6.53. The fourth-order valence-electron chi connectivity index (χ4n) is 5.86. The van der Waals surface area contributed by atoms with Crippen molar-refractivity contribution in [1.82, 2.24) is 34.6 Å². The smallest absolute Gasteiger partial charge is 0.234 e. The minimum Gasteiger partial charge on any atom is -0.356 e. The number of halogens is 1. The molecule has 2 aliphatic rings. The van der Waals surface area contributed by atoms with Crippen molar-refractivity contribution < 1.29 is 14.6 Å². The van der Waals surface area contributed by atoms with Gasteiger partial charge < -0.3 is 24.6 Å². The Morgan fingerprint density at radius 1 is 1.21 bits per heavy atom. The lowest BCUT2D eigenvalue weighted by Gasteiger charge is -2.42. The van der Waals surface area contributed by atoms with Gasteiger partial charge in [-0.05, 0) is 81.4 Å². The van der Waals surface area contributed by atoms with Crippen molar-refractivity contribution in [3.8, 4) is 0 Å². The van der Waals surface area contributed by atoms with Gasteiger partial charge in [-0.25, -0.2) is 4.98 Å². The molecule has 1 saturated heterocycles. The van der Waals surface area contributed by atoms with Crippen LogP contribution in [0.15, 0.2) is 49.1 Å². The van der Waals surface area contributed by atoms with Crippen molar-refractivity contribution in [3.63, 3.8) is 0 Å². The van der Waals surface area contributed by atoms with Gasteiger partial charge in [0.25, 0.3) is 0 Å². The summed E-state index contributed by atoms with van der Waals surface area (Å²) in [5, 5.41) is 14.6. The Bertz CT molecular complexity index is 1470. The number of imidazole rings is 1. The Morgan fingerprint density at radius 2 is 1.95 bits per heavy atom. The Hall–Kier alpha value is -3.12. The average molecular weight is 608 g/mol. The summed E-state index contributed by atoms with van der Waals surface area (Å²) in [6, 6.07) is 9.35. The maximum absolute atomic E-state index is 13.2. The van der Waals surface area contributed by atoms with Crippen molar-refractivity contribution in [3.05, 3.63) is 82.2 Å². The van der Waals surface area contributed by atoms with Gasteiger partial charge >= 0.3 is 0 Å². The second-order valence-electron chi connectivity index (χ2n) is 12.5. The Labute approximate surface area is 258 Å². The summed E-state index contributed by atoms with van der Waals surface area (Å²) < 4.78 is 7.76. The van der Waals surface area contributed by atoms with Crippen LogP contribution >= 0.6 is 11.6 Å². The molecule has 0 spiro atoms. The number of nitrogens with one attached hydrogen (secondary N) is 1. The molecular weight excluding hydrogens is 566 g/mol. The van der Waals surface area contributed by atoms with E-state index in [1.807, 2.05) is 80.7 Å². The van der Waals surface area contributed by atoms with Crippen LogP contribution in [0.2, 0.25) is 5.02 Å². The number of fused-ring (bicyclic) bond motifs is 2. The first-order valence-electron chi connectivity index (χ1n) is 14.6. The lowest BCUT2D eigenvalue weighted by molar-refractivity contribution is -0.244. The largest absolute Gasteiger partial charge is 0.356 e. The molecule has 43 heavy (non-hydrogen) atoms. The predicted octanol–water partition coefficient (Wildman–Crippen LogP) is 3.54. The Morgan fingerprint density at radius 3 is 2.60 bits per heavy atom. The average Bonchev–Trinajstić information content (AvgIpc) is 3.30. The number of pyridine rings is 1. The molecule has 0 bridgehead atoms. The minimum atomic E-state index is -0.966. The molecule has 0 radical (unpaired) electrons. The van der Waals surface area contributed by atoms with Gasteiger partial charge in [0, 0.05) is 44.4 Å². The van der Waals surface area contributed by atoms with Gasteiger partial charge in [-0.3, -0.25) is 19.6 Å². The fraction of sp³-hybridized carbons (Fsp3) is 0.469. The molecule has 11 heteroatoms. The van der Waals surface area contributed by atoms with E-state index in [2.05, 4.69) is 33.4 Å². The van der Waals surface area contributed by atoms with Crippen LogP contribution in [0.3, 0.4) is 0 Å². The number of ether oxygens (including phenoxy) is 1. The first-order chi connectivity index (χ1) is 20.4. The summed E-state index contributed by atoms with van der Waals surface area (Å²) in [6.45, 7) is 8.74. The second kappa shape index (κ2) is 12.9. The van der Waals surface area contributed by atoms with E-state index in [1.54, 1.807) is 12.5 Å². The maximum atomic E-state index is 13.2. The van der Waals surface area contributed by atoms with Gasteiger partial charge in [0.05, 0.1) is 48.1 Å². The van der Waals surface area contributed by atoms with E-state index < -0.39 is 18.1 Å².